The van der Waals surface area contributed by atoms with E-state index in [2.05, 4.69) is 0 Å². The van der Waals surface area contributed by atoms with E-state index in [0.717, 1.165) is 24.8 Å². The number of ether oxygens (including phenoxy) is 1. The molecule has 0 bridgehead atoms. The van der Waals surface area contributed by atoms with Crippen LogP contribution in [0.25, 0.3) is 0 Å². The summed E-state index contributed by atoms with van der Waals surface area (Å²) < 4.78 is 18.6. The van der Waals surface area contributed by atoms with Gasteiger partial charge in [-0.25, -0.2) is 4.39 Å². The first-order chi connectivity index (χ1) is 6.72. The number of rotatable bonds is 1. The number of methoxy groups -OCH3 is 1. The van der Waals surface area contributed by atoms with Crippen molar-refractivity contribution in [2.24, 2.45) is 5.73 Å². The molecule has 0 amide bonds. The molecule has 84 valence electrons. The predicted octanol–water partition coefficient (Wildman–Crippen LogP) is 2.59. The third kappa shape index (κ3) is 2.24. The molecule has 1 aliphatic rings. The summed E-state index contributed by atoms with van der Waals surface area (Å²) in [6, 6.07) is 3.14. The molecule has 0 radical (unpaired) electrons. The Morgan fingerprint density at radius 3 is 2.87 bits per heavy atom. The highest BCUT2D eigenvalue weighted by molar-refractivity contribution is 5.85. The van der Waals surface area contributed by atoms with E-state index in [0.29, 0.717) is 11.3 Å². The summed E-state index contributed by atoms with van der Waals surface area (Å²) in [5, 5.41) is 0. The van der Waals surface area contributed by atoms with Gasteiger partial charge in [-0.1, -0.05) is 0 Å². The molecule has 15 heavy (non-hydrogen) atoms. The molecule has 0 fully saturated rings. The van der Waals surface area contributed by atoms with Crippen molar-refractivity contribution in [1.29, 1.82) is 0 Å². The maximum atomic E-state index is 13.6. The van der Waals surface area contributed by atoms with Crippen molar-refractivity contribution in [2.75, 3.05) is 7.11 Å². The van der Waals surface area contributed by atoms with Gasteiger partial charge in [0, 0.05) is 17.7 Å². The van der Waals surface area contributed by atoms with Gasteiger partial charge in [0.2, 0.25) is 0 Å². The van der Waals surface area contributed by atoms with Crippen molar-refractivity contribution in [3.8, 4) is 5.75 Å². The van der Waals surface area contributed by atoms with Crippen LogP contribution in [0.15, 0.2) is 12.1 Å². The van der Waals surface area contributed by atoms with Crippen molar-refractivity contribution < 1.29 is 9.13 Å². The van der Waals surface area contributed by atoms with Crippen LogP contribution in [-0.4, -0.2) is 7.11 Å². The van der Waals surface area contributed by atoms with E-state index in [1.165, 1.54) is 6.07 Å². The third-order valence-electron chi connectivity index (χ3n) is 2.76. The van der Waals surface area contributed by atoms with Crippen LogP contribution in [0, 0.1) is 5.82 Å². The number of aryl methyl sites for hydroxylation is 1. The monoisotopic (exact) mass is 231 g/mol. The molecule has 2 nitrogen and oxygen atoms in total. The zero-order valence-electron chi connectivity index (χ0n) is 8.63. The Kier molecular flexibility index (Phi) is 3.94. The maximum absolute atomic E-state index is 13.6. The summed E-state index contributed by atoms with van der Waals surface area (Å²) >= 11 is 0. The molecule has 0 saturated carbocycles. The van der Waals surface area contributed by atoms with Crippen LogP contribution in [0.1, 0.15) is 30.0 Å². The van der Waals surface area contributed by atoms with E-state index >= 15 is 0 Å². The van der Waals surface area contributed by atoms with Gasteiger partial charge < -0.3 is 10.5 Å². The second-order valence-electron chi connectivity index (χ2n) is 3.68. The van der Waals surface area contributed by atoms with Crippen LogP contribution in [0.4, 0.5) is 4.39 Å². The standard InChI is InChI=1S/C11H14FNO.ClH/c1-14-8-5-7-3-2-4-10(13)11(7)9(12)6-8;/h5-6,10H,2-4,13H2,1H3;1H/t10-;/m1./s1. The van der Waals surface area contributed by atoms with Crippen molar-refractivity contribution >= 4 is 12.4 Å². The van der Waals surface area contributed by atoms with Crippen molar-refractivity contribution in [1.82, 2.24) is 0 Å². The molecule has 2 N–H and O–H groups in total. The SMILES string of the molecule is COc1cc(F)c2c(c1)CCC[C@H]2N.Cl. The normalized spacial score (nSPS) is 19.0. The third-order valence-corrected chi connectivity index (χ3v) is 2.76. The summed E-state index contributed by atoms with van der Waals surface area (Å²) in [6.07, 6.45) is 2.80. The van der Waals surface area contributed by atoms with Crippen LogP contribution in [0.5, 0.6) is 5.75 Å². The first-order valence-corrected chi connectivity index (χ1v) is 4.84. The van der Waals surface area contributed by atoms with Gasteiger partial charge in [0.05, 0.1) is 7.11 Å². The minimum atomic E-state index is -0.230. The van der Waals surface area contributed by atoms with E-state index in [-0.39, 0.29) is 24.3 Å². The van der Waals surface area contributed by atoms with Gasteiger partial charge in [-0.3, -0.25) is 0 Å². The van der Waals surface area contributed by atoms with E-state index < -0.39 is 0 Å². The van der Waals surface area contributed by atoms with Gasteiger partial charge in [-0.05, 0) is 30.9 Å². The fourth-order valence-corrected chi connectivity index (χ4v) is 2.04. The number of hydrogen-bond acceptors (Lipinski definition) is 2. The quantitative estimate of drug-likeness (QED) is 0.807. The Morgan fingerprint density at radius 2 is 2.20 bits per heavy atom. The van der Waals surface area contributed by atoms with E-state index in [1.807, 2.05) is 6.07 Å². The lowest BCUT2D eigenvalue weighted by Gasteiger charge is -2.23. The molecule has 0 heterocycles. The van der Waals surface area contributed by atoms with E-state index in [9.17, 15) is 4.39 Å². The van der Waals surface area contributed by atoms with Crippen molar-refractivity contribution in [3.05, 3.63) is 29.1 Å². The highest BCUT2D eigenvalue weighted by Crippen LogP contribution is 2.32. The van der Waals surface area contributed by atoms with Crippen LogP contribution in [-0.2, 0) is 6.42 Å². The van der Waals surface area contributed by atoms with E-state index in [4.69, 9.17) is 10.5 Å². The predicted molar refractivity (Wildman–Crippen MR) is 60.1 cm³/mol. The lowest BCUT2D eigenvalue weighted by Crippen LogP contribution is -2.19. The second-order valence-corrected chi connectivity index (χ2v) is 3.68. The highest BCUT2D eigenvalue weighted by atomic mass is 35.5. The largest absolute Gasteiger partial charge is 0.497 e. The summed E-state index contributed by atoms with van der Waals surface area (Å²) in [7, 11) is 1.55. The Morgan fingerprint density at radius 1 is 1.47 bits per heavy atom. The minimum absolute atomic E-state index is 0. The minimum Gasteiger partial charge on any atom is -0.497 e. The van der Waals surface area contributed by atoms with Crippen LogP contribution >= 0.6 is 12.4 Å². The Bertz CT molecular complexity index is 357. The van der Waals surface area contributed by atoms with Gasteiger partial charge in [0.25, 0.3) is 0 Å². The van der Waals surface area contributed by atoms with Gasteiger partial charge in [-0.15, -0.1) is 12.4 Å². The maximum Gasteiger partial charge on any atom is 0.131 e. The fraction of sp³-hybridized carbons (Fsp3) is 0.455. The van der Waals surface area contributed by atoms with Crippen LogP contribution in [0.2, 0.25) is 0 Å². The number of nitrogens with two attached hydrogens (primary N) is 1. The molecule has 4 heteroatoms. The number of benzene rings is 1. The molecule has 0 aliphatic heterocycles. The van der Waals surface area contributed by atoms with Crippen LogP contribution in [0.3, 0.4) is 0 Å². The molecule has 1 aromatic rings. The molecule has 1 atom stereocenters. The topological polar surface area (TPSA) is 35.2 Å². The second kappa shape index (κ2) is 4.81. The molecule has 0 saturated heterocycles. The zero-order chi connectivity index (χ0) is 10.1. The molecule has 2 rings (SSSR count). The number of halogens is 2. The zero-order valence-corrected chi connectivity index (χ0v) is 9.44. The van der Waals surface area contributed by atoms with Crippen molar-refractivity contribution in [2.45, 2.75) is 25.3 Å². The molecule has 0 spiro atoms. The highest BCUT2D eigenvalue weighted by Gasteiger charge is 2.21. The average molecular weight is 232 g/mol. The van der Waals surface area contributed by atoms with Gasteiger partial charge in [0.1, 0.15) is 11.6 Å². The van der Waals surface area contributed by atoms with Gasteiger partial charge in [0.15, 0.2) is 0 Å². The van der Waals surface area contributed by atoms with Gasteiger partial charge >= 0.3 is 0 Å². The van der Waals surface area contributed by atoms with E-state index in [1.54, 1.807) is 7.11 Å². The molecule has 1 aliphatic carbocycles. The lowest BCUT2D eigenvalue weighted by molar-refractivity contribution is 0.407. The summed E-state index contributed by atoms with van der Waals surface area (Å²) in [6.45, 7) is 0. The number of fused-ring (bicyclic) bond motifs is 1. The molecular weight excluding hydrogens is 217 g/mol. The smallest absolute Gasteiger partial charge is 0.131 e. The summed E-state index contributed by atoms with van der Waals surface area (Å²) in [4.78, 5) is 0. The summed E-state index contributed by atoms with van der Waals surface area (Å²) in [5.41, 5.74) is 7.54. The van der Waals surface area contributed by atoms with Crippen molar-refractivity contribution in [3.63, 3.8) is 0 Å². The molecular formula is C11H15ClFNO. The first kappa shape index (κ1) is 12.3. The Hall–Kier alpha value is -0.800. The molecule has 1 aromatic carbocycles. The fourth-order valence-electron chi connectivity index (χ4n) is 2.04. The summed E-state index contributed by atoms with van der Waals surface area (Å²) in [5.74, 6) is 0.349. The Labute approximate surface area is 95.0 Å². The molecule has 0 unspecified atom stereocenters. The Balaban J connectivity index is 0.00000112. The molecule has 0 aromatic heterocycles. The first-order valence-electron chi connectivity index (χ1n) is 4.84. The lowest BCUT2D eigenvalue weighted by atomic mass is 9.87. The average Bonchev–Trinajstić information content (AvgIpc) is 2.17. The van der Waals surface area contributed by atoms with Gasteiger partial charge in [-0.2, -0.15) is 0 Å². The van der Waals surface area contributed by atoms with Crippen LogP contribution < -0.4 is 10.5 Å². The number of hydrogen-bond donors (Lipinski definition) is 1.